The van der Waals surface area contributed by atoms with E-state index >= 15 is 0 Å². The van der Waals surface area contributed by atoms with E-state index in [0.717, 1.165) is 18.9 Å². The van der Waals surface area contributed by atoms with Gasteiger partial charge in [-0.15, -0.1) is 6.58 Å². The fourth-order valence-corrected chi connectivity index (χ4v) is 4.94. The molecule has 2 aromatic carbocycles. The molecule has 0 radical (unpaired) electrons. The smallest absolute Gasteiger partial charge is 0.376 e. The third kappa shape index (κ3) is 5.99. The molecular weight excluding hydrogens is 505 g/mol. The van der Waals surface area contributed by atoms with Gasteiger partial charge in [-0.25, -0.2) is 0 Å². The molecule has 11 heteroatoms. The second-order valence-corrected chi connectivity index (χ2v) is 10.4. The zero-order valence-corrected chi connectivity index (χ0v) is 20.6. The average molecular weight is 531 g/mol. The molecule has 6 nitrogen and oxygen atoms in total. The Kier molecular flexibility index (Phi) is 8.18. The van der Waals surface area contributed by atoms with Gasteiger partial charge in [-0.2, -0.15) is 21.6 Å². The van der Waals surface area contributed by atoms with Gasteiger partial charge in [0.25, 0.3) is 5.91 Å². The molecule has 1 heterocycles. The first-order valence-corrected chi connectivity index (χ1v) is 12.7. The Morgan fingerprint density at radius 2 is 2.00 bits per heavy atom. The molecule has 3 rings (SSSR count). The average Bonchev–Trinajstić information content (AvgIpc) is 2.79. The summed E-state index contributed by atoms with van der Waals surface area (Å²) in [4.78, 5) is 13.3. The minimum atomic E-state index is -5.85. The van der Waals surface area contributed by atoms with Crippen molar-refractivity contribution in [3.63, 3.8) is 0 Å². The highest BCUT2D eigenvalue weighted by Gasteiger charge is 2.49. The van der Waals surface area contributed by atoms with E-state index in [1.165, 1.54) is 12.1 Å². The number of rotatable bonds is 8. The van der Waals surface area contributed by atoms with Gasteiger partial charge >= 0.3 is 15.6 Å². The molecule has 0 aliphatic carbocycles. The van der Waals surface area contributed by atoms with Gasteiger partial charge in [0.1, 0.15) is 5.75 Å². The van der Waals surface area contributed by atoms with Gasteiger partial charge in [-0.3, -0.25) is 4.79 Å². The number of benzene rings is 2. The highest BCUT2D eigenvalue weighted by Crippen LogP contribution is 2.38. The summed E-state index contributed by atoms with van der Waals surface area (Å²) in [6.45, 7) is 6.20. The van der Waals surface area contributed by atoms with Crippen LogP contribution in [-0.2, 0) is 10.1 Å². The minimum Gasteiger partial charge on any atom is -0.376 e. The molecule has 2 N–H and O–H groups in total. The molecule has 0 bridgehead atoms. The maximum absolute atomic E-state index is 13.3. The molecule has 1 fully saturated rings. The van der Waals surface area contributed by atoms with E-state index in [0.29, 0.717) is 41.1 Å². The van der Waals surface area contributed by atoms with Crippen LogP contribution >= 0.6 is 11.6 Å². The van der Waals surface area contributed by atoms with Crippen molar-refractivity contribution in [2.45, 2.75) is 49.7 Å². The molecule has 0 unspecified atom stereocenters. The Balaban J connectivity index is 2.06. The zero-order valence-electron chi connectivity index (χ0n) is 19.0. The Hall–Kier alpha value is -2.56. The van der Waals surface area contributed by atoms with Gasteiger partial charge in [0.2, 0.25) is 0 Å². The predicted molar refractivity (Wildman–Crippen MR) is 128 cm³/mol. The van der Waals surface area contributed by atoms with Crippen molar-refractivity contribution >= 4 is 27.6 Å². The van der Waals surface area contributed by atoms with Crippen molar-refractivity contribution in [3.8, 4) is 5.75 Å². The summed E-state index contributed by atoms with van der Waals surface area (Å²) >= 11 is 6.19. The first kappa shape index (κ1) is 27.0. The van der Waals surface area contributed by atoms with E-state index in [9.17, 15) is 26.4 Å². The van der Waals surface area contributed by atoms with Crippen LogP contribution in [0.3, 0.4) is 0 Å². The molecule has 2 atom stereocenters. The molecular formula is C24H26ClF3N2O4S. The van der Waals surface area contributed by atoms with E-state index in [4.69, 9.17) is 11.6 Å². The van der Waals surface area contributed by atoms with Crippen molar-refractivity contribution in [1.29, 1.82) is 0 Å². The number of hydrogen-bond acceptors (Lipinski definition) is 5. The Morgan fingerprint density at radius 1 is 1.29 bits per heavy atom. The number of hydrogen-bond donors (Lipinski definition) is 2. The normalized spacial score (nSPS) is 19.6. The van der Waals surface area contributed by atoms with Crippen LogP contribution in [0.2, 0.25) is 5.02 Å². The number of nitrogens with one attached hydrogen (secondary N) is 2. The van der Waals surface area contributed by atoms with E-state index < -0.39 is 38.9 Å². The lowest BCUT2D eigenvalue weighted by atomic mass is 9.76. The van der Waals surface area contributed by atoms with Crippen LogP contribution < -0.4 is 14.8 Å². The van der Waals surface area contributed by atoms with Crippen molar-refractivity contribution in [3.05, 3.63) is 76.8 Å². The number of halogens is 4. The Morgan fingerprint density at radius 3 is 2.63 bits per heavy atom. The first-order chi connectivity index (χ1) is 16.4. The molecule has 0 aromatic heterocycles. The summed E-state index contributed by atoms with van der Waals surface area (Å²) in [6, 6.07) is 9.47. The largest absolute Gasteiger partial charge is 0.534 e. The fourth-order valence-electron chi connectivity index (χ4n) is 4.31. The molecule has 190 valence electrons. The second kappa shape index (κ2) is 10.6. The molecule has 1 amide bonds. The zero-order chi connectivity index (χ0) is 25.9. The standard InChI is InChI=1S/C24H26ClF3N2O4S/c1-3-12-23(13-4-5-14-29-23)21(30-22(31)19-10-7-11-20(25)16(19)2)17-8-6-9-18(15-17)34-35(32,33)24(26,27)28/h3,6-11,15,21,29H,1,4-5,12-14H2,2H3,(H,30,31)/t21-,23+/m0/s1. The second-order valence-electron chi connectivity index (χ2n) is 8.41. The SMILES string of the molecule is C=CC[C@]1([C@@H](NC(=O)c2cccc(Cl)c2C)c2cccc(OS(=O)(=O)C(F)(F)F)c2)CCCCN1. The lowest BCUT2D eigenvalue weighted by molar-refractivity contribution is -0.0500. The van der Waals surface area contributed by atoms with Crippen LogP contribution in [0, 0.1) is 6.92 Å². The molecule has 1 aliphatic rings. The third-order valence-corrected chi connectivity index (χ3v) is 7.44. The molecule has 2 aromatic rings. The van der Waals surface area contributed by atoms with Gasteiger partial charge in [0.05, 0.1) is 6.04 Å². The monoisotopic (exact) mass is 530 g/mol. The number of amides is 1. The Bertz CT molecular complexity index is 1200. The van der Waals surface area contributed by atoms with Crippen LogP contribution in [0.5, 0.6) is 5.75 Å². The van der Waals surface area contributed by atoms with E-state index in [1.807, 2.05) is 0 Å². The maximum atomic E-state index is 13.3. The Labute approximate surface area is 207 Å². The molecule has 1 aliphatic heterocycles. The molecule has 0 spiro atoms. The number of alkyl halides is 3. The highest BCUT2D eigenvalue weighted by molar-refractivity contribution is 7.88. The van der Waals surface area contributed by atoms with E-state index in [-0.39, 0.29) is 0 Å². The third-order valence-electron chi connectivity index (χ3n) is 6.06. The van der Waals surface area contributed by atoms with Crippen molar-refractivity contribution in [1.82, 2.24) is 10.6 Å². The summed E-state index contributed by atoms with van der Waals surface area (Å²) in [6.07, 6.45) is 4.56. The molecule has 0 saturated carbocycles. The van der Waals surface area contributed by atoms with Crippen molar-refractivity contribution < 1.29 is 30.6 Å². The number of piperidine rings is 1. The van der Waals surface area contributed by atoms with Crippen molar-refractivity contribution in [2.24, 2.45) is 0 Å². The summed E-state index contributed by atoms with van der Waals surface area (Å²) in [5, 5.41) is 6.87. The number of carbonyl (C=O) groups excluding carboxylic acids is 1. The lowest BCUT2D eigenvalue weighted by Gasteiger charge is -2.44. The quantitative estimate of drug-likeness (QED) is 0.270. The van der Waals surface area contributed by atoms with Crippen LogP contribution in [-0.4, -0.2) is 31.9 Å². The van der Waals surface area contributed by atoms with Crippen LogP contribution in [0.4, 0.5) is 13.2 Å². The highest BCUT2D eigenvalue weighted by atomic mass is 35.5. The topological polar surface area (TPSA) is 84.5 Å². The van der Waals surface area contributed by atoms with Crippen molar-refractivity contribution in [2.75, 3.05) is 6.54 Å². The van der Waals surface area contributed by atoms with E-state index in [2.05, 4.69) is 21.4 Å². The van der Waals surface area contributed by atoms with Gasteiger partial charge in [-0.1, -0.05) is 42.3 Å². The molecule has 1 saturated heterocycles. The van der Waals surface area contributed by atoms with Gasteiger partial charge < -0.3 is 14.8 Å². The minimum absolute atomic E-state index is 0.346. The summed E-state index contributed by atoms with van der Waals surface area (Å²) in [5.74, 6) is -0.942. The maximum Gasteiger partial charge on any atom is 0.534 e. The number of carbonyl (C=O) groups is 1. The van der Waals surface area contributed by atoms with Gasteiger partial charge in [-0.05, 0) is 68.1 Å². The predicted octanol–water partition coefficient (Wildman–Crippen LogP) is 5.44. The first-order valence-electron chi connectivity index (χ1n) is 10.9. The van der Waals surface area contributed by atoms with E-state index in [1.54, 1.807) is 37.3 Å². The molecule has 35 heavy (non-hydrogen) atoms. The van der Waals surface area contributed by atoms with Gasteiger partial charge in [0, 0.05) is 16.1 Å². The van der Waals surface area contributed by atoms with Crippen LogP contribution in [0.15, 0.2) is 55.1 Å². The van der Waals surface area contributed by atoms with Gasteiger partial charge in [0.15, 0.2) is 0 Å². The summed E-state index contributed by atoms with van der Waals surface area (Å²) in [7, 11) is -5.85. The summed E-state index contributed by atoms with van der Waals surface area (Å²) < 4.78 is 66.0. The van der Waals surface area contributed by atoms with Crippen LogP contribution in [0.1, 0.15) is 53.2 Å². The lowest BCUT2D eigenvalue weighted by Crippen LogP contribution is -2.57. The van der Waals surface area contributed by atoms with Crippen LogP contribution in [0.25, 0.3) is 0 Å². The fraction of sp³-hybridized carbons (Fsp3) is 0.375. The summed E-state index contributed by atoms with van der Waals surface area (Å²) in [5.41, 5.74) is -4.98.